The van der Waals surface area contributed by atoms with Gasteiger partial charge in [-0.3, -0.25) is 75.1 Å². The smallest absolute Gasteiger partial charge is 0.343 e. The first-order chi connectivity index (χ1) is 66.4. The predicted octanol–water partition coefficient (Wildman–Crippen LogP) is 25.8. The maximum absolute atomic E-state index is 12.7. The molecule has 0 atom stereocenters. The first-order valence-corrected chi connectivity index (χ1v) is 43.3. The summed E-state index contributed by atoms with van der Waals surface area (Å²) in [4.78, 5) is 121. The van der Waals surface area contributed by atoms with Crippen molar-refractivity contribution < 1.29 is 102 Å². The van der Waals surface area contributed by atoms with Crippen LogP contribution in [0.15, 0.2) is 303 Å². The number of phenolic OH excluding ortho intramolecular Hbond substituents is 3. The maximum atomic E-state index is 12.7. The molecular formula is C107H98N6O27. The van der Waals surface area contributed by atoms with Gasteiger partial charge in [0.05, 0.1) is 71.2 Å². The Balaban J connectivity index is 0.000000194. The fourth-order valence-electron chi connectivity index (χ4n) is 13.3. The molecule has 0 fully saturated rings. The number of aromatic carboxylic acids is 1. The summed E-state index contributed by atoms with van der Waals surface area (Å²) in [6.07, 6.45) is -0.854. The number of aromatic hydroxyl groups is 3. The molecule has 0 saturated heterocycles. The number of benzene rings is 14. The summed E-state index contributed by atoms with van der Waals surface area (Å²) < 4.78 is 32.9. The molecule has 0 aromatic heterocycles. The number of ether oxygens (including phenoxy) is 6. The molecule has 14 rings (SSSR count). The fourth-order valence-corrected chi connectivity index (χ4v) is 13.3. The lowest BCUT2D eigenvalue weighted by Crippen LogP contribution is -2.08. The van der Waals surface area contributed by atoms with Crippen LogP contribution in [0.2, 0.25) is 0 Å². The fraction of sp³-hybridized carbons (Fsp3) is 0.168. The molecule has 4 N–H and O–H groups in total. The van der Waals surface area contributed by atoms with Gasteiger partial charge in [-0.2, -0.15) is 0 Å². The Morgan fingerprint density at radius 1 is 0.236 bits per heavy atom. The first kappa shape index (κ1) is 106. The SMILES string of the molecule is CC(=O)c1ccc(-c2ccc(O)c([N+](=O)[O-])c2)cc1.CC(=O)c1ccc(-c2ccc(O)cc2)cc1.CC(=O)c1ccc(-c2ccc(OC(C)C)c([N+](=O)[O-])c2)cc1.CC(C)Oc1ccc(-c2ccc(C(=O)O)cc2)cc1[N+](=O)[O-].CC(C)Oc1ccc(-c2ccc(O)cc2)cc1[N+](=O)[O-].CC(C)Oc1ccc(-c2ccc(OC(=O)c3ccc(-c4ccc(OC(C)C)c([N+](=O)[O-])c4)cc3)cc2)cc1[N+](=O)[O-]. The van der Waals surface area contributed by atoms with Gasteiger partial charge in [-0.05, 0) is 265 Å². The molecule has 0 bridgehead atoms. The van der Waals surface area contributed by atoms with Gasteiger partial charge in [0.1, 0.15) is 17.2 Å². The van der Waals surface area contributed by atoms with Crippen molar-refractivity contribution in [1.29, 1.82) is 0 Å². The van der Waals surface area contributed by atoms with Gasteiger partial charge in [-0.25, -0.2) is 9.59 Å². The van der Waals surface area contributed by atoms with Crippen molar-refractivity contribution in [3.8, 4) is 130 Å². The van der Waals surface area contributed by atoms with E-state index in [4.69, 9.17) is 33.5 Å². The first-order valence-electron chi connectivity index (χ1n) is 43.3. The van der Waals surface area contributed by atoms with Crippen LogP contribution < -0.4 is 28.4 Å². The van der Waals surface area contributed by atoms with Gasteiger partial charge >= 0.3 is 46.1 Å². The molecule has 14 aromatic rings. The zero-order chi connectivity index (χ0) is 102. The van der Waals surface area contributed by atoms with E-state index in [1.165, 1.54) is 68.4 Å². The van der Waals surface area contributed by atoms with Crippen LogP contribution in [0.4, 0.5) is 34.1 Å². The standard InChI is InChI=1S/C31H28N2O8.C17H17NO4.C16H15NO5.C15H15NO4.C14H11NO4.C14H12O2/c1-19(2)39-29-15-11-24(17-27(29)32(35)36)21-5-7-23(8-6-21)31(34)41-26-13-9-22(10-14-26)25-12-16-30(40-20(3)4)28(18-25)33(37)38;1-11(2)22-17-9-8-15(10-16(17)18(20)21)14-6-4-13(5-7-14)12(3)19;1-10(2)22-15-8-7-13(9-14(15)17(20)21)11-3-5-12(6-4-11)16(18)19;1-10(2)20-15-8-5-12(9-14(15)16(18)19)11-3-6-13(17)7-4-11;1-9(16)10-2-4-11(5-3-10)12-6-7-14(17)13(8-12)15(18)19;1-10(15)11-2-4-12(5-3-11)13-6-8-14(16)9-7-13/h5-20H,1-4H3;4-11H,1-3H3;3-10H,1-2H3,(H,18,19);3-10,17H,1-2H3;2-8,17H,1H3;2-9,16H,1H3. The molecule has 0 aliphatic carbocycles. The summed E-state index contributed by atoms with van der Waals surface area (Å²) >= 11 is 0. The third kappa shape index (κ3) is 30.4. The Labute approximate surface area is 803 Å². The average Bonchev–Trinajstić information content (AvgIpc) is 1.13. The molecule has 0 unspecified atom stereocenters. The average molecular weight is 1900 g/mol. The molecule has 718 valence electrons. The van der Waals surface area contributed by atoms with Gasteiger partial charge in [-0.15, -0.1) is 0 Å². The number of esters is 1. The number of nitro groups is 6. The Morgan fingerprint density at radius 2 is 0.414 bits per heavy atom. The van der Waals surface area contributed by atoms with Crippen LogP contribution in [-0.2, 0) is 0 Å². The summed E-state index contributed by atoms with van der Waals surface area (Å²) in [5.41, 5.74) is 11.8. The zero-order valence-corrected chi connectivity index (χ0v) is 78.1. The van der Waals surface area contributed by atoms with Crippen LogP contribution in [-0.4, -0.2) is 110 Å². The topological polar surface area (TPSA) is 480 Å². The van der Waals surface area contributed by atoms with Gasteiger partial charge in [-0.1, -0.05) is 170 Å². The number of hydrogen-bond donors (Lipinski definition) is 4. The lowest BCUT2D eigenvalue weighted by atomic mass is 10.0. The molecule has 0 saturated carbocycles. The molecule has 0 radical (unpaired) electrons. The van der Waals surface area contributed by atoms with Crippen LogP contribution >= 0.6 is 0 Å². The Kier molecular flexibility index (Phi) is 37.1. The van der Waals surface area contributed by atoms with Crippen LogP contribution in [0.25, 0.3) is 77.9 Å². The molecule has 33 heteroatoms. The minimum atomic E-state index is -1.02. The normalized spacial score (nSPS) is 10.5. The number of Topliss-reactive ketones (excluding diaryl/α,β-unsaturated/α-hetero) is 3. The number of ketones is 3. The van der Waals surface area contributed by atoms with Crippen LogP contribution in [0.1, 0.15) is 142 Å². The van der Waals surface area contributed by atoms with Gasteiger partial charge < -0.3 is 48.8 Å². The predicted molar refractivity (Wildman–Crippen MR) is 529 cm³/mol. The van der Waals surface area contributed by atoms with Crippen molar-refractivity contribution in [1.82, 2.24) is 0 Å². The third-order valence-electron chi connectivity index (χ3n) is 20.0. The van der Waals surface area contributed by atoms with Gasteiger partial charge in [0, 0.05) is 53.1 Å². The van der Waals surface area contributed by atoms with E-state index in [0.717, 1.165) is 27.8 Å². The maximum Gasteiger partial charge on any atom is 0.343 e. The Morgan fingerprint density at radius 3 is 0.621 bits per heavy atom. The minimum Gasteiger partial charge on any atom is -0.508 e. The highest BCUT2D eigenvalue weighted by molar-refractivity contribution is 5.96. The highest BCUT2D eigenvalue weighted by Gasteiger charge is 2.25. The van der Waals surface area contributed by atoms with E-state index in [9.17, 15) is 100.0 Å². The monoisotopic (exact) mass is 1900 g/mol. The summed E-state index contributed by atoms with van der Waals surface area (Å²) in [5.74, 6) is -0.132. The number of carbonyl (C=O) groups is 5. The molecule has 33 nitrogen and oxygen atoms in total. The van der Waals surface area contributed by atoms with E-state index in [1.54, 1.807) is 261 Å². The van der Waals surface area contributed by atoms with Crippen molar-refractivity contribution in [2.75, 3.05) is 0 Å². The van der Waals surface area contributed by atoms with E-state index < -0.39 is 41.5 Å². The van der Waals surface area contributed by atoms with Crippen molar-refractivity contribution >= 4 is 63.4 Å². The van der Waals surface area contributed by atoms with Gasteiger partial charge in [0.25, 0.3) is 0 Å². The van der Waals surface area contributed by atoms with Crippen LogP contribution in [0, 0.1) is 60.7 Å². The lowest BCUT2D eigenvalue weighted by Gasteiger charge is -2.11. The molecule has 140 heavy (non-hydrogen) atoms. The summed E-state index contributed by atoms with van der Waals surface area (Å²) in [6.45, 7) is 22.5. The molecule has 0 aliphatic heterocycles. The second kappa shape index (κ2) is 49.2. The second-order valence-electron chi connectivity index (χ2n) is 32.4. The summed E-state index contributed by atoms with van der Waals surface area (Å²) in [6, 6.07) is 81.9. The van der Waals surface area contributed by atoms with E-state index in [2.05, 4.69) is 0 Å². The van der Waals surface area contributed by atoms with E-state index >= 15 is 0 Å². The van der Waals surface area contributed by atoms with Crippen LogP contribution in [0.5, 0.6) is 51.7 Å². The number of carbonyl (C=O) groups excluding carboxylic acids is 4. The Hall–Kier alpha value is -18.2. The number of carboxylic acids is 1. The zero-order valence-electron chi connectivity index (χ0n) is 78.1. The van der Waals surface area contributed by atoms with E-state index in [0.29, 0.717) is 78.1 Å². The summed E-state index contributed by atoms with van der Waals surface area (Å²) in [7, 11) is 0. The largest absolute Gasteiger partial charge is 0.508 e. The lowest BCUT2D eigenvalue weighted by molar-refractivity contribution is -0.386. The molecule has 14 aromatic carbocycles. The quantitative estimate of drug-likeness (QED) is 0.0111. The Bertz CT molecular complexity index is 6690. The van der Waals surface area contributed by atoms with E-state index in [1.807, 2.05) is 64.1 Å². The van der Waals surface area contributed by atoms with Crippen molar-refractivity contribution in [2.24, 2.45) is 0 Å². The van der Waals surface area contributed by atoms with Crippen LogP contribution in [0.3, 0.4) is 0 Å². The minimum absolute atomic E-state index is 0.0155. The molecule has 0 amide bonds. The molecular weight excluding hydrogens is 1800 g/mol. The van der Waals surface area contributed by atoms with Crippen molar-refractivity contribution in [3.63, 3.8) is 0 Å². The number of rotatable bonds is 29. The number of nitrogens with zero attached hydrogens (tertiary/aromatic N) is 6. The third-order valence-corrected chi connectivity index (χ3v) is 20.0. The number of carboxylic acid groups (broad SMARTS) is 1. The number of phenols is 3. The number of nitro benzene ring substituents is 6. The molecule has 0 heterocycles. The highest BCUT2D eigenvalue weighted by atomic mass is 16.7. The molecule has 0 spiro atoms. The van der Waals surface area contributed by atoms with Crippen molar-refractivity contribution in [2.45, 2.75) is 121 Å². The summed E-state index contributed by atoms with van der Waals surface area (Å²) in [5, 5.41) is 104. The van der Waals surface area contributed by atoms with Gasteiger partial charge in [0.15, 0.2) is 51.8 Å². The van der Waals surface area contributed by atoms with Gasteiger partial charge in [0.2, 0.25) is 0 Å². The second-order valence-corrected chi connectivity index (χ2v) is 32.4. The van der Waals surface area contributed by atoms with Crippen molar-refractivity contribution in [3.05, 3.63) is 392 Å². The van der Waals surface area contributed by atoms with E-state index in [-0.39, 0.29) is 134 Å². The highest BCUT2D eigenvalue weighted by Crippen LogP contribution is 2.41. The number of hydrogen-bond acceptors (Lipinski definition) is 26. The molecule has 0 aliphatic rings.